The summed E-state index contributed by atoms with van der Waals surface area (Å²) in [7, 11) is 0. The molecule has 19 heavy (non-hydrogen) atoms. The Bertz CT molecular complexity index is 614. The molecule has 0 spiro atoms. The summed E-state index contributed by atoms with van der Waals surface area (Å²) in [6, 6.07) is 8.14. The van der Waals surface area contributed by atoms with Crippen molar-refractivity contribution in [3.05, 3.63) is 62.3 Å². The minimum absolute atomic E-state index is 0.304. The van der Waals surface area contributed by atoms with Crippen LogP contribution in [0.15, 0.2) is 30.3 Å². The molecule has 0 radical (unpaired) electrons. The van der Waals surface area contributed by atoms with Gasteiger partial charge in [-0.25, -0.2) is 4.39 Å². The summed E-state index contributed by atoms with van der Waals surface area (Å²) >= 11 is 18.1. The van der Waals surface area contributed by atoms with Gasteiger partial charge in [-0.3, -0.25) is 0 Å². The fourth-order valence-electron chi connectivity index (χ4n) is 1.69. The van der Waals surface area contributed by atoms with E-state index < -0.39 is 0 Å². The predicted octanol–water partition coefficient (Wildman–Crippen LogP) is 5.71. The van der Waals surface area contributed by atoms with E-state index in [-0.39, 0.29) is 5.82 Å². The van der Waals surface area contributed by atoms with Gasteiger partial charge in [0.05, 0.1) is 15.7 Å². The summed E-state index contributed by atoms with van der Waals surface area (Å²) in [5.41, 5.74) is 2.02. The molecule has 1 nitrogen and oxygen atoms in total. The molecule has 100 valence electrons. The van der Waals surface area contributed by atoms with Crippen LogP contribution in [-0.4, -0.2) is 0 Å². The van der Waals surface area contributed by atoms with Gasteiger partial charge in [-0.1, -0.05) is 40.9 Å². The molecule has 0 amide bonds. The molecule has 1 N–H and O–H groups in total. The van der Waals surface area contributed by atoms with Crippen molar-refractivity contribution in [3.8, 4) is 0 Å². The molecule has 0 fully saturated rings. The van der Waals surface area contributed by atoms with Crippen LogP contribution in [0, 0.1) is 12.7 Å². The summed E-state index contributed by atoms with van der Waals surface area (Å²) in [6.45, 7) is 2.20. The van der Waals surface area contributed by atoms with E-state index in [1.165, 1.54) is 6.07 Å². The molecule has 0 aliphatic heterocycles. The largest absolute Gasteiger partial charge is 0.378 e. The molecule has 0 heterocycles. The van der Waals surface area contributed by atoms with Crippen molar-refractivity contribution >= 4 is 40.5 Å². The minimum Gasteiger partial charge on any atom is -0.378 e. The molecule has 0 unspecified atom stereocenters. The fourth-order valence-corrected chi connectivity index (χ4v) is 2.37. The van der Waals surface area contributed by atoms with Crippen LogP contribution in [0.5, 0.6) is 0 Å². The summed E-state index contributed by atoms with van der Waals surface area (Å²) < 4.78 is 13.6. The molecule has 0 bridgehead atoms. The first-order chi connectivity index (χ1) is 8.99. The number of anilines is 1. The SMILES string of the molecule is Cc1ccc(F)c(NCc2c(Cl)ccc(Cl)c2Cl)c1. The van der Waals surface area contributed by atoms with Crippen molar-refractivity contribution in [1.82, 2.24) is 0 Å². The van der Waals surface area contributed by atoms with Gasteiger partial charge in [-0.05, 0) is 36.8 Å². The topological polar surface area (TPSA) is 12.0 Å². The highest BCUT2D eigenvalue weighted by molar-refractivity contribution is 6.44. The fraction of sp³-hybridized carbons (Fsp3) is 0.143. The van der Waals surface area contributed by atoms with Crippen molar-refractivity contribution in [1.29, 1.82) is 0 Å². The Balaban J connectivity index is 2.24. The van der Waals surface area contributed by atoms with Gasteiger partial charge in [0.1, 0.15) is 5.82 Å². The van der Waals surface area contributed by atoms with E-state index in [1.807, 2.05) is 6.92 Å². The Kier molecular flexibility index (Phi) is 4.56. The third-order valence-corrected chi connectivity index (χ3v) is 3.91. The minimum atomic E-state index is -0.320. The molecule has 0 saturated carbocycles. The number of halogens is 4. The van der Waals surface area contributed by atoms with E-state index >= 15 is 0 Å². The van der Waals surface area contributed by atoms with E-state index in [4.69, 9.17) is 34.8 Å². The monoisotopic (exact) mass is 317 g/mol. The third-order valence-electron chi connectivity index (χ3n) is 2.72. The highest BCUT2D eigenvalue weighted by Crippen LogP contribution is 2.32. The van der Waals surface area contributed by atoms with E-state index in [1.54, 1.807) is 24.3 Å². The van der Waals surface area contributed by atoms with Gasteiger partial charge in [0.2, 0.25) is 0 Å². The Morgan fingerprint density at radius 2 is 1.74 bits per heavy atom. The smallest absolute Gasteiger partial charge is 0.146 e. The van der Waals surface area contributed by atoms with Crippen molar-refractivity contribution in [2.75, 3.05) is 5.32 Å². The van der Waals surface area contributed by atoms with Gasteiger partial charge in [0.25, 0.3) is 0 Å². The second-order valence-electron chi connectivity index (χ2n) is 4.16. The second kappa shape index (κ2) is 6.00. The lowest BCUT2D eigenvalue weighted by molar-refractivity contribution is 0.629. The average molecular weight is 319 g/mol. The van der Waals surface area contributed by atoms with E-state index in [0.717, 1.165) is 5.56 Å². The Labute approximate surface area is 126 Å². The van der Waals surface area contributed by atoms with Gasteiger partial charge in [0, 0.05) is 17.1 Å². The zero-order valence-corrected chi connectivity index (χ0v) is 12.4. The van der Waals surface area contributed by atoms with Gasteiger partial charge in [0.15, 0.2) is 0 Å². The lowest BCUT2D eigenvalue weighted by atomic mass is 10.2. The zero-order chi connectivity index (χ0) is 14.0. The molecular weight excluding hydrogens is 308 g/mol. The highest BCUT2D eigenvalue weighted by atomic mass is 35.5. The molecule has 0 aromatic heterocycles. The molecule has 0 atom stereocenters. The lowest BCUT2D eigenvalue weighted by Crippen LogP contribution is -2.03. The molecule has 0 aliphatic rings. The number of benzene rings is 2. The molecule has 2 aromatic rings. The van der Waals surface area contributed by atoms with E-state index in [2.05, 4.69) is 5.32 Å². The van der Waals surface area contributed by atoms with Crippen LogP contribution < -0.4 is 5.32 Å². The van der Waals surface area contributed by atoms with Crippen molar-refractivity contribution in [2.45, 2.75) is 13.5 Å². The first kappa shape index (κ1) is 14.4. The van der Waals surface area contributed by atoms with Crippen LogP contribution >= 0.6 is 34.8 Å². The quantitative estimate of drug-likeness (QED) is 0.715. The van der Waals surface area contributed by atoms with Gasteiger partial charge in [-0.2, -0.15) is 0 Å². The number of hydrogen-bond donors (Lipinski definition) is 1. The molecular formula is C14H11Cl3FN. The number of rotatable bonds is 3. The second-order valence-corrected chi connectivity index (χ2v) is 5.35. The molecule has 0 saturated heterocycles. The summed E-state index contributed by atoms with van der Waals surface area (Å²) in [5, 5.41) is 4.28. The first-order valence-electron chi connectivity index (χ1n) is 5.61. The summed E-state index contributed by atoms with van der Waals surface area (Å²) in [5.74, 6) is -0.320. The van der Waals surface area contributed by atoms with Gasteiger partial charge in [-0.15, -0.1) is 0 Å². The molecule has 5 heteroatoms. The molecule has 2 aromatic carbocycles. The predicted molar refractivity (Wildman–Crippen MR) is 79.9 cm³/mol. The molecule has 2 rings (SSSR count). The van der Waals surface area contributed by atoms with E-state index in [9.17, 15) is 4.39 Å². The van der Waals surface area contributed by atoms with Crippen LogP contribution in [0.25, 0.3) is 0 Å². The summed E-state index contributed by atoms with van der Waals surface area (Å²) in [6.07, 6.45) is 0. The highest BCUT2D eigenvalue weighted by Gasteiger charge is 2.10. The average Bonchev–Trinajstić information content (AvgIpc) is 2.38. The normalized spacial score (nSPS) is 10.6. The zero-order valence-electron chi connectivity index (χ0n) is 10.1. The van der Waals surface area contributed by atoms with E-state index in [0.29, 0.717) is 32.9 Å². The van der Waals surface area contributed by atoms with Crippen LogP contribution in [0.1, 0.15) is 11.1 Å². The van der Waals surface area contributed by atoms with Crippen molar-refractivity contribution in [2.24, 2.45) is 0 Å². The van der Waals surface area contributed by atoms with Gasteiger partial charge < -0.3 is 5.32 Å². The Hall–Kier alpha value is -0.960. The van der Waals surface area contributed by atoms with Crippen LogP contribution in [0.2, 0.25) is 15.1 Å². The third kappa shape index (κ3) is 3.33. The van der Waals surface area contributed by atoms with Crippen molar-refractivity contribution in [3.63, 3.8) is 0 Å². The number of hydrogen-bond acceptors (Lipinski definition) is 1. The van der Waals surface area contributed by atoms with Crippen LogP contribution in [0.4, 0.5) is 10.1 Å². The number of nitrogens with one attached hydrogen (secondary N) is 1. The number of aryl methyl sites for hydroxylation is 1. The standard InChI is InChI=1S/C14H11Cl3FN/c1-8-2-5-12(18)13(6-8)19-7-9-10(15)3-4-11(16)14(9)17/h2-6,19H,7H2,1H3. The lowest BCUT2D eigenvalue weighted by Gasteiger charge is -2.12. The van der Waals surface area contributed by atoms with Crippen molar-refractivity contribution < 1.29 is 4.39 Å². The maximum absolute atomic E-state index is 13.6. The van der Waals surface area contributed by atoms with Crippen LogP contribution in [0.3, 0.4) is 0 Å². The Morgan fingerprint density at radius 1 is 1.05 bits per heavy atom. The molecule has 0 aliphatic carbocycles. The Morgan fingerprint density at radius 3 is 2.47 bits per heavy atom. The first-order valence-corrected chi connectivity index (χ1v) is 6.75. The maximum Gasteiger partial charge on any atom is 0.146 e. The van der Waals surface area contributed by atoms with Gasteiger partial charge >= 0.3 is 0 Å². The summed E-state index contributed by atoms with van der Waals surface area (Å²) in [4.78, 5) is 0. The maximum atomic E-state index is 13.6. The van der Waals surface area contributed by atoms with Crippen LogP contribution in [-0.2, 0) is 6.54 Å².